The molecule has 1 saturated heterocycles. The molecule has 0 amide bonds. The van der Waals surface area contributed by atoms with Gasteiger partial charge in [-0.15, -0.1) is 0 Å². The third-order valence-electron chi connectivity index (χ3n) is 1.56. The molecule has 0 aromatic carbocycles. The molecule has 1 fully saturated rings. The number of likely N-dealkylation sites (N-methyl/N-ethyl adjacent to an activating group) is 1. The molecule has 0 bridgehead atoms. The Morgan fingerprint density at radius 1 is 1.78 bits per heavy atom. The summed E-state index contributed by atoms with van der Waals surface area (Å²) in [4.78, 5) is 2.21. The molecule has 1 heterocycles. The summed E-state index contributed by atoms with van der Waals surface area (Å²) in [5.41, 5.74) is 1.26. The predicted octanol–water partition coefficient (Wildman–Crippen LogP) is 0.772. The van der Waals surface area contributed by atoms with E-state index in [2.05, 4.69) is 11.9 Å². The average Bonchev–Trinajstić information content (AvgIpc) is 2.17. The zero-order valence-electron chi connectivity index (χ0n) is 5.59. The highest BCUT2D eigenvalue weighted by Crippen LogP contribution is 2.11. The van der Waals surface area contributed by atoms with E-state index in [0.717, 1.165) is 19.5 Å². The normalized spacial score (nSPS) is 24.7. The van der Waals surface area contributed by atoms with E-state index in [-0.39, 0.29) is 0 Å². The van der Waals surface area contributed by atoms with Gasteiger partial charge < -0.3 is 4.90 Å². The molecule has 0 aromatic rings. The maximum atomic E-state index is 8.27. The number of hydrogen-bond acceptors (Lipinski definition) is 2. The van der Waals surface area contributed by atoms with E-state index in [4.69, 9.17) is 5.26 Å². The van der Waals surface area contributed by atoms with Crippen LogP contribution in [0.5, 0.6) is 0 Å². The number of nitrogens with zero attached hydrogens (tertiary/aromatic N) is 2. The molecule has 0 radical (unpaired) electrons. The van der Waals surface area contributed by atoms with Gasteiger partial charge in [0.15, 0.2) is 0 Å². The fourth-order valence-electron chi connectivity index (χ4n) is 1.05. The Morgan fingerprint density at radius 2 is 2.56 bits per heavy atom. The number of allylic oxidation sites excluding steroid dienone is 1. The summed E-state index contributed by atoms with van der Waals surface area (Å²) in [6, 6.07) is 2.04. The van der Waals surface area contributed by atoms with Crippen LogP contribution < -0.4 is 0 Å². The summed E-state index contributed by atoms with van der Waals surface area (Å²) in [6.45, 7) is 2.08. The van der Waals surface area contributed by atoms with Crippen LogP contribution >= 0.6 is 0 Å². The van der Waals surface area contributed by atoms with Crippen LogP contribution in [0.4, 0.5) is 0 Å². The van der Waals surface area contributed by atoms with Gasteiger partial charge in [0.1, 0.15) is 0 Å². The van der Waals surface area contributed by atoms with Gasteiger partial charge in [-0.2, -0.15) is 5.26 Å². The summed E-state index contributed by atoms with van der Waals surface area (Å²) in [6.07, 6.45) is 2.73. The summed E-state index contributed by atoms with van der Waals surface area (Å²) in [7, 11) is 2.07. The lowest BCUT2D eigenvalue weighted by Gasteiger charge is -2.01. The molecule has 0 aromatic heterocycles. The molecule has 1 aliphatic rings. The Hall–Kier alpha value is -0.810. The third kappa shape index (κ3) is 1.55. The smallest absolute Gasteiger partial charge is 0.0912 e. The fraction of sp³-hybridized carbons (Fsp3) is 0.571. The summed E-state index contributed by atoms with van der Waals surface area (Å²) in [5.74, 6) is 0. The first-order valence-electron chi connectivity index (χ1n) is 3.09. The highest BCUT2D eigenvalue weighted by Gasteiger charge is 2.10. The lowest BCUT2D eigenvalue weighted by Crippen LogP contribution is -2.11. The average molecular weight is 122 g/mol. The van der Waals surface area contributed by atoms with Crippen molar-refractivity contribution in [3.8, 4) is 6.07 Å². The van der Waals surface area contributed by atoms with Gasteiger partial charge >= 0.3 is 0 Å². The van der Waals surface area contributed by atoms with E-state index in [0.29, 0.717) is 0 Å². The largest absolute Gasteiger partial charge is 0.302 e. The van der Waals surface area contributed by atoms with E-state index >= 15 is 0 Å². The van der Waals surface area contributed by atoms with Crippen molar-refractivity contribution in [1.29, 1.82) is 5.26 Å². The number of nitriles is 1. The zero-order valence-corrected chi connectivity index (χ0v) is 5.59. The van der Waals surface area contributed by atoms with E-state index < -0.39 is 0 Å². The van der Waals surface area contributed by atoms with Crippen LogP contribution in [0, 0.1) is 11.3 Å². The van der Waals surface area contributed by atoms with Gasteiger partial charge in [0.05, 0.1) is 6.07 Å². The molecule has 0 spiro atoms. The van der Waals surface area contributed by atoms with E-state index in [9.17, 15) is 0 Å². The van der Waals surface area contributed by atoms with Crippen molar-refractivity contribution < 1.29 is 0 Å². The molecule has 0 aliphatic carbocycles. The van der Waals surface area contributed by atoms with E-state index in [1.165, 1.54) is 5.57 Å². The van der Waals surface area contributed by atoms with Gasteiger partial charge in [0, 0.05) is 19.2 Å². The lowest BCUT2D eigenvalue weighted by atomic mass is 10.2. The van der Waals surface area contributed by atoms with Gasteiger partial charge in [-0.05, 0) is 19.0 Å². The molecule has 48 valence electrons. The minimum atomic E-state index is 0.980. The molecule has 2 nitrogen and oxygen atoms in total. The van der Waals surface area contributed by atoms with Crippen molar-refractivity contribution in [3.05, 3.63) is 11.6 Å². The number of likely N-dealkylation sites (tertiary alicyclic amines) is 1. The minimum Gasteiger partial charge on any atom is -0.302 e. The van der Waals surface area contributed by atoms with Crippen molar-refractivity contribution in [2.24, 2.45) is 0 Å². The first kappa shape index (κ1) is 6.31. The Labute approximate surface area is 55.4 Å². The monoisotopic (exact) mass is 122 g/mol. The maximum Gasteiger partial charge on any atom is 0.0912 e. The predicted molar refractivity (Wildman–Crippen MR) is 35.8 cm³/mol. The Morgan fingerprint density at radius 3 is 3.00 bits per heavy atom. The molecular weight excluding hydrogens is 112 g/mol. The van der Waals surface area contributed by atoms with Crippen molar-refractivity contribution in [3.63, 3.8) is 0 Å². The lowest BCUT2D eigenvalue weighted by molar-refractivity contribution is 0.425. The number of hydrogen-bond donors (Lipinski definition) is 0. The highest BCUT2D eigenvalue weighted by molar-refractivity contribution is 5.17. The Balaban J connectivity index is 2.50. The second kappa shape index (κ2) is 2.65. The summed E-state index contributed by atoms with van der Waals surface area (Å²) < 4.78 is 0. The standard InChI is InChI=1S/C7H10N2/c1-9-5-3-7(6-9)2-4-8/h2H,3,5-6H2,1H3. The van der Waals surface area contributed by atoms with Gasteiger partial charge in [0.2, 0.25) is 0 Å². The summed E-state index contributed by atoms with van der Waals surface area (Å²) in [5, 5.41) is 8.27. The second-order valence-electron chi connectivity index (χ2n) is 2.42. The topological polar surface area (TPSA) is 27.0 Å². The van der Waals surface area contributed by atoms with Crippen molar-refractivity contribution in [2.75, 3.05) is 20.1 Å². The third-order valence-corrected chi connectivity index (χ3v) is 1.56. The molecule has 0 atom stereocenters. The van der Waals surface area contributed by atoms with Crippen LogP contribution in [-0.2, 0) is 0 Å². The van der Waals surface area contributed by atoms with Crippen molar-refractivity contribution in [1.82, 2.24) is 4.90 Å². The Kier molecular flexibility index (Phi) is 1.86. The zero-order chi connectivity index (χ0) is 6.69. The van der Waals surface area contributed by atoms with E-state index in [1.807, 2.05) is 6.07 Å². The van der Waals surface area contributed by atoms with Gasteiger partial charge in [0.25, 0.3) is 0 Å². The van der Waals surface area contributed by atoms with Gasteiger partial charge in [-0.1, -0.05) is 0 Å². The van der Waals surface area contributed by atoms with Gasteiger partial charge in [-0.25, -0.2) is 0 Å². The van der Waals surface area contributed by atoms with Crippen LogP contribution in [0.1, 0.15) is 6.42 Å². The summed E-state index contributed by atoms with van der Waals surface area (Å²) >= 11 is 0. The second-order valence-corrected chi connectivity index (χ2v) is 2.42. The van der Waals surface area contributed by atoms with Gasteiger partial charge in [-0.3, -0.25) is 0 Å². The molecule has 2 heteroatoms. The van der Waals surface area contributed by atoms with Crippen LogP contribution in [0.25, 0.3) is 0 Å². The quantitative estimate of drug-likeness (QED) is 0.444. The van der Waals surface area contributed by atoms with Crippen molar-refractivity contribution >= 4 is 0 Å². The fourth-order valence-corrected chi connectivity index (χ4v) is 1.05. The first-order valence-corrected chi connectivity index (χ1v) is 3.09. The SMILES string of the molecule is CN1CCC(=CC#N)C1. The van der Waals surface area contributed by atoms with Crippen LogP contribution in [0.15, 0.2) is 11.6 Å². The highest BCUT2D eigenvalue weighted by atomic mass is 15.1. The van der Waals surface area contributed by atoms with Crippen LogP contribution in [-0.4, -0.2) is 25.0 Å². The molecule has 1 aliphatic heterocycles. The molecule has 9 heavy (non-hydrogen) atoms. The molecule has 1 rings (SSSR count). The molecule has 0 N–H and O–H groups in total. The van der Waals surface area contributed by atoms with Crippen LogP contribution in [0.3, 0.4) is 0 Å². The maximum absolute atomic E-state index is 8.27. The minimum absolute atomic E-state index is 0.980. The van der Waals surface area contributed by atoms with Crippen LogP contribution in [0.2, 0.25) is 0 Å². The number of rotatable bonds is 0. The molecule has 0 saturated carbocycles. The van der Waals surface area contributed by atoms with Crippen molar-refractivity contribution in [2.45, 2.75) is 6.42 Å². The Bertz CT molecular complexity index is 164. The van der Waals surface area contributed by atoms with E-state index in [1.54, 1.807) is 6.08 Å². The molecule has 0 unspecified atom stereocenters. The first-order chi connectivity index (χ1) is 4.33. The molecular formula is C7H10N2.